The summed E-state index contributed by atoms with van der Waals surface area (Å²) < 4.78 is 0. The molecular weight excluding hydrogens is 238 g/mol. The van der Waals surface area contributed by atoms with Gasteiger partial charge in [0.1, 0.15) is 0 Å². The van der Waals surface area contributed by atoms with E-state index in [2.05, 4.69) is 28.1 Å². The van der Waals surface area contributed by atoms with Gasteiger partial charge in [0.2, 0.25) is 17.2 Å². The molecule has 6 heteroatoms. The lowest BCUT2D eigenvalue weighted by Gasteiger charge is -2.22. The molecule has 0 bridgehead atoms. The topological polar surface area (TPSA) is 67.9 Å². The first kappa shape index (κ1) is 13.4. The largest absolute Gasteiger partial charge is 0.368 e. The van der Waals surface area contributed by atoms with Crippen LogP contribution in [0.1, 0.15) is 13.8 Å². The van der Waals surface area contributed by atoms with Gasteiger partial charge in [0.15, 0.2) is 0 Å². The molecule has 0 aliphatic carbocycles. The van der Waals surface area contributed by atoms with Crippen LogP contribution in [0.15, 0.2) is 24.3 Å². The Morgan fingerprint density at radius 2 is 1.71 bits per heavy atom. The van der Waals surface area contributed by atoms with Crippen molar-refractivity contribution in [1.82, 2.24) is 15.0 Å². The zero-order valence-corrected chi connectivity index (χ0v) is 10.8. The second kappa shape index (κ2) is 5.63. The lowest BCUT2D eigenvalue weighted by Crippen LogP contribution is -2.29. The normalized spacial score (nSPS) is 10.1. The molecule has 1 aromatic heterocycles. The van der Waals surface area contributed by atoms with Crippen LogP contribution >= 0.6 is 11.6 Å². The van der Waals surface area contributed by atoms with Gasteiger partial charge in [-0.15, -0.1) is 0 Å². The number of aromatic nitrogens is 3. The van der Waals surface area contributed by atoms with Crippen LogP contribution in [-0.2, 0) is 0 Å². The summed E-state index contributed by atoms with van der Waals surface area (Å²) in [7, 11) is 0. The average molecular weight is 254 g/mol. The maximum Gasteiger partial charge on any atom is 0.232 e. The lowest BCUT2D eigenvalue weighted by atomic mass is 10.3. The molecule has 1 aromatic rings. The summed E-state index contributed by atoms with van der Waals surface area (Å²) in [6.45, 7) is 12.8. The molecule has 0 saturated carbocycles. The van der Waals surface area contributed by atoms with Gasteiger partial charge in [0.05, 0.1) is 0 Å². The van der Waals surface area contributed by atoms with Crippen LogP contribution in [0.3, 0.4) is 0 Å². The molecule has 0 atom stereocenters. The highest BCUT2D eigenvalue weighted by atomic mass is 35.5. The van der Waals surface area contributed by atoms with Crippen molar-refractivity contribution in [2.45, 2.75) is 13.8 Å². The van der Waals surface area contributed by atoms with Crippen molar-refractivity contribution in [1.29, 1.82) is 0 Å². The molecule has 92 valence electrons. The number of nitrogen functional groups attached to an aromatic ring is 1. The summed E-state index contributed by atoms with van der Waals surface area (Å²) in [6.07, 6.45) is 0. The van der Waals surface area contributed by atoms with Crippen molar-refractivity contribution in [3.05, 3.63) is 29.6 Å². The van der Waals surface area contributed by atoms with Crippen molar-refractivity contribution in [3.8, 4) is 0 Å². The Morgan fingerprint density at radius 3 is 2.12 bits per heavy atom. The molecule has 2 N–H and O–H groups in total. The monoisotopic (exact) mass is 253 g/mol. The maximum absolute atomic E-state index is 5.75. The number of halogens is 1. The molecule has 0 aromatic carbocycles. The molecule has 0 spiro atoms. The molecular formula is C11H16ClN5. The fourth-order valence-electron chi connectivity index (χ4n) is 1.34. The van der Waals surface area contributed by atoms with E-state index >= 15 is 0 Å². The van der Waals surface area contributed by atoms with Gasteiger partial charge in [0, 0.05) is 13.1 Å². The first-order valence-electron chi connectivity index (χ1n) is 5.09. The minimum absolute atomic E-state index is 0.0842. The van der Waals surface area contributed by atoms with Crippen LogP contribution in [0.25, 0.3) is 0 Å². The first-order valence-corrected chi connectivity index (χ1v) is 5.47. The summed E-state index contributed by atoms with van der Waals surface area (Å²) in [5.74, 6) is 0.543. The van der Waals surface area contributed by atoms with Crippen molar-refractivity contribution < 1.29 is 0 Å². The van der Waals surface area contributed by atoms with Crippen molar-refractivity contribution >= 4 is 23.5 Å². The van der Waals surface area contributed by atoms with Gasteiger partial charge >= 0.3 is 0 Å². The number of rotatable bonds is 5. The fourth-order valence-corrected chi connectivity index (χ4v) is 1.51. The molecule has 0 unspecified atom stereocenters. The van der Waals surface area contributed by atoms with Crippen LogP contribution < -0.4 is 10.6 Å². The summed E-state index contributed by atoms with van der Waals surface area (Å²) in [5.41, 5.74) is 7.52. The summed E-state index contributed by atoms with van der Waals surface area (Å²) in [5, 5.41) is 0.0842. The fraction of sp³-hybridized carbons (Fsp3) is 0.364. The second-order valence-electron chi connectivity index (χ2n) is 4.03. The lowest BCUT2D eigenvalue weighted by molar-refractivity contribution is 0.837. The van der Waals surface area contributed by atoms with E-state index in [0.717, 1.165) is 11.1 Å². The Balaban J connectivity index is 3.02. The predicted molar refractivity (Wildman–Crippen MR) is 71.1 cm³/mol. The molecule has 0 fully saturated rings. The zero-order chi connectivity index (χ0) is 13.0. The molecule has 1 rings (SSSR count). The van der Waals surface area contributed by atoms with E-state index in [1.807, 2.05) is 18.7 Å². The first-order chi connectivity index (χ1) is 7.88. The van der Waals surface area contributed by atoms with E-state index in [1.165, 1.54) is 0 Å². The predicted octanol–water partition coefficient (Wildman–Crippen LogP) is 2.07. The van der Waals surface area contributed by atoms with Crippen molar-refractivity contribution in [2.75, 3.05) is 23.7 Å². The highest BCUT2D eigenvalue weighted by Crippen LogP contribution is 2.14. The minimum Gasteiger partial charge on any atom is -0.368 e. The number of anilines is 2. The van der Waals surface area contributed by atoms with E-state index < -0.39 is 0 Å². The third kappa shape index (κ3) is 4.40. The number of hydrogen-bond donors (Lipinski definition) is 1. The van der Waals surface area contributed by atoms with Gasteiger partial charge in [0.25, 0.3) is 0 Å². The quantitative estimate of drug-likeness (QED) is 0.814. The average Bonchev–Trinajstić information content (AvgIpc) is 2.13. The van der Waals surface area contributed by atoms with Crippen LogP contribution in [0.4, 0.5) is 11.9 Å². The van der Waals surface area contributed by atoms with Gasteiger partial charge in [-0.05, 0) is 25.4 Å². The standard InChI is InChI=1S/C11H16ClN5/c1-7(2)5-17(6-8(3)4)11-15-9(12)14-10(13)16-11/h1,3,5-6H2,2,4H3,(H2,13,14,15,16). The molecule has 1 heterocycles. The van der Waals surface area contributed by atoms with Crippen LogP contribution in [0.2, 0.25) is 5.28 Å². The number of nitrogens with two attached hydrogens (primary N) is 1. The maximum atomic E-state index is 5.75. The van der Waals surface area contributed by atoms with Crippen LogP contribution in [0.5, 0.6) is 0 Å². The van der Waals surface area contributed by atoms with Gasteiger partial charge in [-0.25, -0.2) is 0 Å². The Hall–Kier alpha value is -1.62. The van der Waals surface area contributed by atoms with Crippen LogP contribution in [0, 0.1) is 0 Å². The minimum atomic E-state index is 0.0842. The van der Waals surface area contributed by atoms with E-state index in [4.69, 9.17) is 17.3 Å². The molecule has 0 aliphatic heterocycles. The smallest absolute Gasteiger partial charge is 0.232 e. The molecule has 0 amide bonds. The molecule has 17 heavy (non-hydrogen) atoms. The third-order valence-electron chi connectivity index (χ3n) is 1.82. The van der Waals surface area contributed by atoms with E-state index in [0.29, 0.717) is 19.0 Å². The molecule has 0 aliphatic rings. The highest BCUT2D eigenvalue weighted by Gasteiger charge is 2.12. The summed E-state index contributed by atoms with van der Waals surface area (Å²) >= 11 is 5.75. The van der Waals surface area contributed by atoms with Gasteiger partial charge in [-0.1, -0.05) is 24.3 Å². The van der Waals surface area contributed by atoms with E-state index in [1.54, 1.807) is 0 Å². The Kier molecular flexibility index (Phi) is 4.45. The van der Waals surface area contributed by atoms with E-state index in [9.17, 15) is 0 Å². The van der Waals surface area contributed by atoms with Crippen molar-refractivity contribution in [2.24, 2.45) is 0 Å². The zero-order valence-electron chi connectivity index (χ0n) is 10.1. The van der Waals surface area contributed by atoms with Crippen LogP contribution in [-0.4, -0.2) is 28.0 Å². The molecule has 0 radical (unpaired) electrons. The van der Waals surface area contributed by atoms with E-state index in [-0.39, 0.29) is 11.2 Å². The molecule has 0 saturated heterocycles. The van der Waals surface area contributed by atoms with Gasteiger partial charge in [-0.3, -0.25) is 0 Å². The van der Waals surface area contributed by atoms with Gasteiger partial charge in [-0.2, -0.15) is 15.0 Å². The highest BCUT2D eigenvalue weighted by molar-refractivity contribution is 6.28. The third-order valence-corrected chi connectivity index (χ3v) is 1.99. The second-order valence-corrected chi connectivity index (χ2v) is 4.37. The Morgan fingerprint density at radius 1 is 1.18 bits per heavy atom. The van der Waals surface area contributed by atoms with Crippen molar-refractivity contribution in [3.63, 3.8) is 0 Å². The number of nitrogens with zero attached hydrogens (tertiary/aromatic N) is 4. The Bertz CT molecular complexity index is 407. The summed E-state index contributed by atoms with van der Waals surface area (Å²) in [6, 6.07) is 0. The molecule has 5 nitrogen and oxygen atoms in total. The summed E-state index contributed by atoms with van der Waals surface area (Å²) in [4.78, 5) is 13.7. The van der Waals surface area contributed by atoms with Gasteiger partial charge < -0.3 is 10.6 Å². The Labute approximate surface area is 106 Å². The SMILES string of the molecule is C=C(C)CN(CC(=C)C)c1nc(N)nc(Cl)n1. The number of hydrogen-bond acceptors (Lipinski definition) is 5.